The molecule has 0 aliphatic carbocycles. The van der Waals surface area contributed by atoms with Crippen molar-refractivity contribution < 1.29 is 13.2 Å². The minimum absolute atomic E-state index is 0.00409. The zero-order valence-corrected chi connectivity index (χ0v) is 14.6. The van der Waals surface area contributed by atoms with Gasteiger partial charge in [0.1, 0.15) is 15.6 Å². The van der Waals surface area contributed by atoms with E-state index in [0.29, 0.717) is 24.6 Å². The molecule has 0 aliphatic rings. The van der Waals surface area contributed by atoms with Crippen LogP contribution < -0.4 is 10.1 Å². The van der Waals surface area contributed by atoms with E-state index < -0.39 is 9.84 Å². The molecule has 21 heavy (non-hydrogen) atoms. The first-order valence-corrected chi connectivity index (χ1v) is 9.35. The topological polar surface area (TPSA) is 55.4 Å². The van der Waals surface area contributed by atoms with Gasteiger partial charge in [0, 0.05) is 28.9 Å². The Kier molecular flexibility index (Phi) is 6.50. The number of halogens is 1. The molecule has 6 heteroatoms. The largest absolute Gasteiger partial charge is 0.493 e. The van der Waals surface area contributed by atoms with Gasteiger partial charge < -0.3 is 10.1 Å². The molecule has 0 aliphatic heterocycles. The molecule has 0 spiro atoms. The Morgan fingerprint density at radius 3 is 2.52 bits per heavy atom. The van der Waals surface area contributed by atoms with Crippen molar-refractivity contribution in [3.05, 3.63) is 28.8 Å². The lowest BCUT2D eigenvalue weighted by atomic mass is 10.1. The summed E-state index contributed by atoms with van der Waals surface area (Å²) in [5, 5.41) is 4.04. The Hall–Kier alpha value is -0.780. The van der Waals surface area contributed by atoms with E-state index in [4.69, 9.17) is 16.3 Å². The van der Waals surface area contributed by atoms with Crippen LogP contribution >= 0.6 is 11.6 Å². The van der Waals surface area contributed by atoms with Crippen molar-refractivity contribution >= 4 is 21.4 Å². The minimum Gasteiger partial charge on any atom is -0.493 e. The van der Waals surface area contributed by atoms with Crippen LogP contribution in [-0.2, 0) is 16.4 Å². The van der Waals surface area contributed by atoms with E-state index in [1.807, 2.05) is 12.1 Å². The van der Waals surface area contributed by atoms with Crippen molar-refractivity contribution in [2.24, 2.45) is 0 Å². The lowest BCUT2D eigenvalue weighted by Gasteiger charge is -2.22. The average molecular weight is 334 g/mol. The van der Waals surface area contributed by atoms with Crippen LogP contribution in [0.1, 0.15) is 32.8 Å². The van der Waals surface area contributed by atoms with E-state index in [1.54, 1.807) is 6.07 Å². The maximum absolute atomic E-state index is 11.1. The van der Waals surface area contributed by atoms with E-state index in [-0.39, 0.29) is 11.3 Å². The van der Waals surface area contributed by atoms with Crippen molar-refractivity contribution in [3.8, 4) is 5.75 Å². The number of hydrogen-bond acceptors (Lipinski definition) is 4. The fourth-order valence-corrected chi connectivity index (χ4v) is 2.53. The van der Waals surface area contributed by atoms with Crippen molar-refractivity contribution in [2.75, 3.05) is 18.6 Å². The molecule has 0 amide bonds. The number of rotatable bonds is 7. The first-order valence-electron chi connectivity index (χ1n) is 6.91. The molecular formula is C15H24ClNO3S. The Bertz CT molecular complexity index is 565. The molecule has 4 nitrogen and oxygen atoms in total. The lowest BCUT2D eigenvalue weighted by Crippen LogP contribution is -2.35. The molecule has 1 N–H and O–H groups in total. The van der Waals surface area contributed by atoms with E-state index in [9.17, 15) is 8.42 Å². The van der Waals surface area contributed by atoms with Gasteiger partial charge >= 0.3 is 0 Å². The van der Waals surface area contributed by atoms with Gasteiger partial charge in [0.25, 0.3) is 0 Å². The number of sulfone groups is 1. The summed E-state index contributed by atoms with van der Waals surface area (Å²) in [6.45, 7) is 7.28. The summed E-state index contributed by atoms with van der Waals surface area (Å²) in [4.78, 5) is 0. The van der Waals surface area contributed by atoms with Gasteiger partial charge in [-0.3, -0.25) is 0 Å². The SMILES string of the molecule is CC(C)(C)NCc1cc(Cl)ccc1OCCCS(C)(=O)=O. The van der Waals surface area contributed by atoms with E-state index in [0.717, 1.165) is 11.3 Å². The van der Waals surface area contributed by atoms with Gasteiger partial charge in [-0.25, -0.2) is 8.42 Å². The van der Waals surface area contributed by atoms with Crippen molar-refractivity contribution in [1.82, 2.24) is 5.32 Å². The number of hydrogen-bond donors (Lipinski definition) is 1. The summed E-state index contributed by atoms with van der Waals surface area (Å²) in [6.07, 6.45) is 1.71. The summed E-state index contributed by atoms with van der Waals surface area (Å²) in [7, 11) is -2.94. The standard InChI is InChI=1S/C15H24ClNO3S/c1-15(2,3)17-11-12-10-13(16)6-7-14(12)20-8-5-9-21(4,18)19/h6-7,10,17H,5,8-9,11H2,1-4H3. The van der Waals surface area contributed by atoms with Crippen LogP contribution in [0.4, 0.5) is 0 Å². The van der Waals surface area contributed by atoms with Gasteiger partial charge in [0.05, 0.1) is 12.4 Å². The van der Waals surface area contributed by atoms with Gasteiger partial charge in [0.15, 0.2) is 0 Å². The average Bonchev–Trinajstić information content (AvgIpc) is 2.31. The van der Waals surface area contributed by atoms with Crippen LogP contribution in [0.3, 0.4) is 0 Å². The molecule has 1 aromatic carbocycles. The third-order valence-corrected chi connectivity index (χ3v) is 4.01. The second-order valence-corrected chi connectivity index (χ2v) is 8.88. The first-order chi connectivity index (χ1) is 9.57. The van der Waals surface area contributed by atoms with Gasteiger partial charge in [-0.05, 0) is 45.4 Å². The number of nitrogens with one attached hydrogen (secondary N) is 1. The van der Waals surface area contributed by atoms with Crippen molar-refractivity contribution in [1.29, 1.82) is 0 Å². The third-order valence-electron chi connectivity index (χ3n) is 2.75. The van der Waals surface area contributed by atoms with E-state index >= 15 is 0 Å². The van der Waals surface area contributed by atoms with Crippen molar-refractivity contribution in [2.45, 2.75) is 39.3 Å². The Labute approximate surface area is 132 Å². The quantitative estimate of drug-likeness (QED) is 0.779. The summed E-state index contributed by atoms with van der Waals surface area (Å²) in [6, 6.07) is 5.46. The highest BCUT2D eigenvalue weighted by atomic mass is 35.5. The highest BCUT2D eigenvalue weighted by molar-refractivity contribution is 7.90. The van der Waals surface area contributed by atoms with Crippen LogP contribution in [-0.4, -0.2) is 32.6 Å². The molecule has 1 rings (SSSR count). The van der Waals surface area contributed by atoms with E-state index in [1.165, 1.54) is 6.26 Å². The summed E-state index contributed by atoms with van der Waals surface area (Å²) < 4.78 is 27.9. The fraction of sp³-hybridized carbons (Fsp3) is 0.600. The molecule has 0 heterocycles. The molecule has 120 valence electrons. The maximum atomic E-state index is 11.1. The highest BCUT2D eigenvalue weighted by Crippen LogP contribution is 2.23. The Morgan fingerprint density at radius 1 is 1.29 bits per heavy atom. The highest BCUT2D eigenvalue weighted by Gasteiger charge is 2.12. The second-order valence-electron chi connectivity index (χ2n) is 6.19. The summed E-state index contributed by atoms with van der Waals surface area (Å²) in [5.41, 5.74) is 0.965. The maximum Gasteiger partial charge on any atom is 0.147 e. The van der Waals surface area contributed by atoms with Crippen LogP contribution in [0.15, 0.2) is 18.2 Å². The molecule has 0 saturated carbocycles. The first kappa shape index (κ1) is 18.3. The molecule has 0 radical (unpaired) electrons. The molecule has 0 aromatic heterocycles. The molecule has 0 saturated heterocycles. The Morgan fingerprint density at radius 2 is 1.95 bits per heavy atom. The molecule has 1 aromatic rings. The van der Waals surface area contributed by atoms with Crippen molar-refractivity contribution in [3.63, 3.8) is 0 Å². The zero-order chi connectivity index (χ0) is 16.1. The zero-order valence-electron chi connectivity index (χ0n) is 13.1. The molecule has 0 fully saturated rings. The molecule has 0 unspecified atom stereocenters. The van der Waals surface area contributed by atoms with Gasteiger partial charge in [-0.15, -0.1) is 0 Å². The second kappa shape index (κ2) is 7.47. The van der Waals surface area contributed by atoms with Crippen LogP contribution in [0.5, 0.6) is 5.75 Å². The predicted octanol–water partition coefficient (Wildman–Crippen LogP) is 3.04. The summed E-state index contributed by atoms with van der Waals surface area (Å²) in [5.74, 6) is 0.876. The van der Waals surface area contributed by atoms with E-state index in [2.05, 4.69) is 26.1 Å². The van der Waals surface area contributed by atoms with Crippen LogP contribution in [0.25, 0.3) is 0 Å². The van der Waals surface area contributed by atoms with Gasteiger partial charge in [-0.1, -0.05) is 11.6 Å². The lowest BCUT2D eigenvalue weighted by molar-refractivity contribution is 0.311. The van der Waals surface area contributed by atoms with Gasteiger partial charge in [0.2, 0.25) is 0 Å². The monoisotopic (exact) mass is 333 g/mol. The number of ether oxygens (including phenoxy) is 1. The molecule has 0 atom stereocenters. The summed E-state index contributed by atoms with van der Waals surface area (Å²) >= 11 is 6.03. The Balaban J connectivity index is 2.64. The van der Waals surface area contributed by atoms with Gasteiger partial charge in [-0.2, -0.15) is 0 Å². The third kappa shape index (κ3) is 8.29. The van der Waals surface area contributed by atoms with Crippen LogP contribution in [0, 0.1) is 0 Å². The molecular weight excluding hydrogens is 310 g/mol. The molecule has 0 bridgehead atoms. The van der Waals surface area contributed by atoms with Crippen LogP contribution in [0.2, 0.25) is 5.02 Å². The number of benzene rings is 1. The predicted molar refractivity (Wildman–Crippen MR) is 87.9 cm³/mol. The normalized spacial score (nSPS) is 12.4. The minimum atomic E-state index is -2.94. The smallest absolute Gasteiger partial charge is 0.147 e. The fourth-order valence-electron chi connectivity index (χ4n) is 1.69.